The van der Waals surface area contributed by atoms with Crippen molar-refractivity contribution in [2.24, 2.45) is 0 Å². The molecule has 11 nitrogen and oxygen atoms in total. The monoisotopic (exact) mass is 752 g/mol. The molecule has 1 aliphatic rings. The summed E-state index contributed by atoms with van der Waals surface area (Å²) in [6.45, 7) is 8.73. The average Bonchev–Trinajstić information content (AvgIpc) is 3.78. The van der Waals surface area contributed by atoms with E-state index in [0.717, 1.165) is 76.7 Å². The second-order valence-electron chi connectivity index (χ2n) is 13.5. The Bertz CT molecular complexity index is 2220. The van der Waals surface area contributed by atoms with Crippen molar-refractivity contribution in [1.82, 2.24) is 34.6 Å². The number of phenolic OH excluding ortho intramolecular Hbond substituents is 1. The lowest BCUT2D eigenvalue weighted by molar-refractivity contribution is 0.0342. The van der Waals surface area contributed by atoms with Crippen molar-refractivity contribution in [3.8, 4) is 22.8 Å². The van der Waals surface area contributed by atoms with Gasteiger partial charge >= 0.3 is 6.03 Å². The zero-order valence-electron chi connectivity index (χ0n) is 29.8. The molecule has 274 valence electrons. The molecular weight excluding hydrogens is 712 g/mol. The lowest BCUT2D eigenvalue weighted by Gasteiger charge is -2.26. The Morgan fingerprint density at radius 2 is 1.79 bits per heavy atom. The predicted octanol–water partition coefficient (Wildman–Crippen LogP) is 7.37. The summed E-state index contributed by atoms with van der Waals surface area (Å²) in [6.07, 6.45) is 4.06. The molecule has 0 unspecified atom stereocenters. The van der Waals surface area contributed by atoms with Gasteiger partial charge in [0, 0.05) is 71.0 Å². The van der Waals surface area contributed by atoms with Crippen molar-refractivity contribution in [2.75, 3.05) is 43.6 Å². The molecule has 0 spiro atoms. The molecule has 3 N–H and O–H groups in total. The Morgan fingerprint density at radius 3 is 2.57 bits per heavy atom. The van der Waals surface area contributed by atoms with Crippen LogP contribution >= 0.6 is 23.5 Å². The Labute approximate surface area is 316 Å². The van der Waals surface area contributed by atoms with E-state index in [9.17, 15) is 14.3 Å². The molecule has 14 heteroatoms. The van der Waals surface area contributed by atoms with Gasteiger partial charge in [0.25, 0.3) is 0 Å². The second kappa shape index (κ2) is 16.0. The standard InChI is InChI=1S/C39H41FN8O3S2/c1-39(2,25-52-3)34-21-36(48(45-34)29-12-14-32(49)31(40)20-29)42-38(50)41-22-28-6-4-5-7-33(28)53-30-13-15-35-43-44-37(47(35)24-30)27-10-8-26(9-11-27)23-46-16-18-51-19-17-46/h4-15,20-21,24,49H,16-19,22-23,25H2,1-3H3,(H2,41,42,50). The smallest absolute Gasteiger partial charge is 0.320 e. The van der Waals surface area contributed by atoms with Gasteiger partial charge in [-0.05, 0) is 47.7 Å². The minimum Gasteiger partial charge on any atom is -0.505 e. The number of nitrogens with zero attached hydrogens (tertiary/aromatic N) is 6. The minimum absolute atomic E-state index is 0.263. The number of carbonyl (C=O) groups excluding carboxylic acids is 1. The van der Waals surface area contributed by atoms with Crippen molar-refractivity contribution < 1.29 is 19.0 Å². The van der Waals surface area contributed by atoms with Crippen molar-refractivity contribution >= 4 is 41.0 Å². The third-order valence-electron chi connectivity index (χ3n) is 9.06. The van der Waals surface area contributed by atoms with Crippen LogP contribution in [0.25, 0.3) is 22.7 Å². The molecule has 3 aromatic heterocycles. The maximum atomic E-state index is 14.4. The summed E-state index contributed by atoms with van der Waals surface area (Å²) in [4.78, 5) is 17.7. The number of rotatable bonds is 12. The first-order valence-electron chi connectivity index (χ1n) is 17.3. The van der Waals surface area contributed by atoms with Crippen LogP contribution in [0.1, 0.15) is 30.7 Å². The number of benzene rings is 3. The first-order valence-corrected chi connectivity index (χ1v) is 19.5. The van der Waals surface area contributed by atoms with Gasteiger partial charge in [-0.1, -0.05) is 68.1 Å². The summed E-state index contributed by atoms with van der Waals surface area (Å²) in [5.41, 5.74) is 4.72. The fraction of sp³-hybridized carbons (Fsp3) is 0.282. The molecule has 2 amide bonds. The van der Waals surface area contributed by atoms with E-state index in [1.807, 2.05) is 53.3 Å². The van der Waals surface area contributed by atoms with E-state index >= 15 is 0 Å². The van der Waals surface area contributed by atoms with Crippen molar-refractivity contribution in [1.29, 1.82) is 0 Å². The zero-order valence-corrected chi connectivity index (χ0v) is 31.4. The number of ether oxygens (including phenoxy) is 1. The van der Waals surface area contributed by atoms with Crippen molar-refractivity contribution in [3.63, 3.8) is 0 Å². The number of anilines is 1. The van der Waals surface area contributed by atoms with Gasteiger partial charge < -0.3 is 15.2 Å². The Kier molecular flexibility index (Phi) is 11.0. The van der Waals surface area contributed by atoms with Crippen molar-refractivity contribution in [3.05, 3.63) is 114 Å². The van der Waals surface area contributed by atoms with Crippen LogP contribution in [0.2, 0.25) is 0 Å². The van der Waals surface area contributed by atoms with Gasteiger partial charge in [-0.3, -0.25) is 14.6 Å². The number of nitrogens with one attached hydrogen (secondary N) is 2. The van der Waals surface area contributed by atoms with Gasteiger partial charge in [0.05, 0.1) is 24.6 Å². The van der Waals surface area contributed by atoms with Crippen LogP contribution in [0.4, 0.5) is 15.0 Å². The van der Waals surface area contributed by atoms with E-state index in [1.165, 1.54) is 22.4 Å². The van der Waals surface area contributed by atoms with Gasteiger partial charge in [0.2, 0.25) is 0 Å². The molecule has 0 radical (unpaired) electrons. The summed E-state index contributed by atoms with van der Waals surface area (Å²) in [6, 6.07) is 25.8. The number of hydrogen-bond donors (Lipinski definition) is 3. The molecule has 1 aliphatic heterocycles. The Hall–Kier alpha value is -4.89. The summed E-state index contributed by atoms with van der Waals surface area (Å²) < 4.78 is 23.3. The van der Waals surface area contributed by atoms with E-state index in [2.05, 4.69) is 63.8 Å². The van der Waals surface area contributed by atoms with E-state index in [1.54, 1.807) is 35.7 Å². The number of thioether (sulfide) groups is 1. The zero-order chi connectivity index (χ0) is 37.0. The number of aromatic nitrogens is 5. The minimum atomic E-state index is -0.777. The van der Waals surface area contributed by atoms with Crippen LogP contribution in [0, 0.1) is 5.82 Å². The molecule has 6 aromatic rings. The molecule has 53 heavy (non-hydrogen) atoms. The number of phenols is 1. The number of morpholine rings is 1. The van der Waals surface area contributed by atoms with Crippen LogP contribution < -0.4 is 10.6 Å². The fourth-order valence-corrected chi connectivity index (χ4v) is 8.01. The molecule has 0 bridgehead atoms. The van der Waals surface area contributed by atoms with E-state index < -0.39 is 17.6 Å². The van der Waals surface area contributed by atoms with Gasteiger partial charge in [-0.2, -0.15) is 16.9 Å². The van der Waals surface area contributed by atoms with Crippen LogP contribution in [0.5, 0.6) is 5.75 Å². The number of hydrogen-bond acceptors (Lipinski definition) is 9. The lowest BCUT2D eigenvalue weighted by Crippen LogP contribution is -2.35. The molecular formula is C39H41FN8O3S2. The highest BCUT2D eigenvalue weighted by Gasteiger charge is 2.26. The molecule has 0 aliphatic carbocycles. The maximum absolute atomic E-state index is 14.4. The Balaban J connectivity index is 1.05. The van der Waals surface area contributed by atoms with Crippen LogP contribution in [-0.2, 0) is 23.2 Å². The third kappa shape index (κ3) is 8.51. The number of pyridine rings is 1. The Morgan fingerprint density at radius 1 is 1.00 bits per heavy atom. The highest BCUT2D eigenvalue weighted by Crippen LogP contribution is 2.33. The van der Waals surface area contributed by atoms with E-state index in [-0.39, 0.29) is 12.0 Å². The highest BCUT2D eigenvalue weighted by atomic mass is 32.2. The van der Waals surface area contributed by atoms with Gasteiger partial charge in [0.15, 0.2) is 23.0 Å². The van der Waals surface area contributed by atoms with Crippen molar-refractivity contribution in [2.45, 2.75) is 42.1 Å². The number of aromatic hydroxyl groups is 1. The molecule has 1 saturated heterocycles. The molecule has 7 rings (SSSR count). The lowest BCUT2D eigenvalue weighted by atomic mass is 9.92. The topological polar surface area (TPSA) is 122 Å². The van der Waals surface area contributed by atoms with Gasteiger partial charge in [-0.15, -0.1) is 10.2 Å². The first-order chi connectivity index (χ1) is 25.7. The highest BCUT2D eigenvalue weighted by molar-refractivity contribution is 7.99. The molecule has 4 heterocycles. The maximum Gasteiger partial charge on any atom is 0.320 e. The molecule has 1 fully saturated rings. The third-order valence-corrected chi connectivity index (χ3v) is 11.2. The number of fused-ring (bicyclic) bond motifs is 1. The summed E-state index contributed by atoms with van der Waals surface area (Å²) in [7, 11) is 0. The van der Waals surface area contributed by atoms with Crippen LogP contribution in [0.3, 0.4) is 0 Å². The number of amides is 2. The van der Waals surface area contributed by atoms with E-state index in [0.29, 0.717) is 11.5 Å². The number of halogens is 1. The summed E-state index contributed by atoms with van der Waals surface area (Å²) in [5, 5.41) is 29.3. The quantitative estimate of drug-likeness (QED) is 0.118. The summed E-state index contributed by atoms with van der Waals surface area (Å²) in [5.74, 6) is 0.702. The van der Waals surface area contributed by atoms with Crippen LogP contribution in [0.15, 0.2) is 101 Å². The molecule has 3 aromatic carbocycles. The summed E-state index contributed by atoms with van der Waals surface area (Å²) >= 11 is 3.28. The van der Waals surface area contributed by atoms with Gasteiger partial charge in [-0.25, -0.2) is 13.9 Å². The van der Waals surface area contributed by atoms with Gasteiger partial charge in [0.1, 0.15) is 5.82 Å². The van der Waals surface area contributed by atoms with Crippen LogP contribution in [-0.4, -0.2) is 78.7 Å². The van der Waals surface area contributed by atoms with E-state index in [4.69, 9.17) is 9.84 Å². The second-order valence-corrected chi connectivity index (χ2v) is 15.5. The average molecular weight is 753 g/mol. The number of urea groups is 1. The predicted molar refractivity (Wildman–Crippen MR) is 208 cm³/mol. The first kappa shape index (κ1) is 36.5. The largest absolute Gasteiger partial charge is 0.505 e. The molecule has 0 saturated carbocycles. The SMILES string of the molecule is CSCC(C)(C)c1cc(NC(=O)NCc2ccccc2Sc2ccc3nnc(-c4ccc(CN5CCOCC5)cc4)n3c2)n(-c2ccc(O)c(F)c2)n1. The molecule has 0 atom stereocenters. The number of carbonyl (C=O) groups is 1. The fourth-order valence-electron chi connectivity index (χ4n) is 6.18. The normalized spacial score (nSPS) is 13.7.